The molecule has 0 aromatic heterocycles. The summed E-state index contributed by atoms with van der Waals surface area (Å²) in [5.74, 6) is 1.79. The van der Waals surface area contributed by atoms with Gasteiger partial charge in [-0.3, -0.25) is 0 Å². The molecule has 1 heterocycles. The topological polar surface area (TPSA) is 12.5 Å². The lowest BCUT2D eigenvalue weighted by atomic mass is 9.92. The Morgan fingerprint density at radius 3 is 1.38 bits per heavy atom. The van der Waals surface area contributed by atoms with E-state index in [2.05, 4.69) is 217 Å². The van der Waals surface area contributed by atoms with Gasteiger partial charge in [-0.05, 0) is 120 Å². The first-order chi connectivity index (χ1) is 27.7. The Morgan fingerprint density at radius 2 is 0.750 bits per heavy atom. The van der Waals surface area contributed by atoms with Crippen molar-refractivity contribution in [2.24, 2.45) is 0 Å². The van der Waals surface area contributed by atoms with Crippen molar-refractivity contribution < 1.29 is 4.74 Å². The third kappa shape index (κ3) is 5.42. The van der Waals surface area contributed by atoms with Gasteiger partial charge in [-0.25, -0.2) is 0 Å². The molecule has 0 radical (unpaired) electrons. The van der Waals surface area contributed by atoms with Gasteiger partial charge in [0.15, 0.2) is 0 Å². The molecule has 1 aliphatic rings. The highest BCUT2D eigenvalue weighted by Gasteiger charge is 2.21. The van der Waals surface area contributed by atoms with Crippen molar-refractivity contribution in [3.63, 3.8) is 0 Å². The number of hydrogen-bond acceptors (Lipinski definition) is 2. The van der Waals surface area contributed by atoms with Gasteiger partial charge in [0.05, 0.1) is 0 Å². The molecule has 11 rings (SSSR count). The maximum atomic E-state index is 6.46. The molecule has 0 atom stereocenters. The van der Waals surface area contributed by atoms with Crippen LogP contribution < -0.4 is 9.64 Å². The van der Waals surface area contributed by atoms with Crippen molar-refractivity contribution in [2.45, 2.75) is 0 Å². The quantitative estimate of drug-likeness (QED) is 0.170. The molecule has 2 nitrogen and oxygen atoms in total. The van der Waals surface area contributed by atoms with Crippen molar-refractivity contribution in [3.05, 3.63) is 212 Å². The molecule has 2 heteroatoms. The Hall–Kier alpha value is -7.42. The van der Waals surface area contributed by atoms with Gasteiger partial charge >= 0.3 is 0 Å². The number of benzene rings is 10. The van der Waals surface area contributed by atoms with Crippen LogP contribution in [0.4, 0.5) is 17.1 Å². The minimum atomic E-state index is 0.883. The van der Waals surface area contributed by atoms with Gasteiger partial charge in [0.1, 0.15) is 11.5 Å². The molecular weight excluding hydrogens is 679 g/mol. The molecule has 0 aliphatic carbocycles. The van der Waals surface area contributed by atoms with Crippen LogP contribution in [0.3, 0.4) is 0 Å². The maximum Gasteiger partial charge on any atom is 0.135 e. The maximum absolute atomic E-state index is 6.46. The Bertz CT molecular complexity index is 3000. The van der Waals surface area contributed by atoms with Crippen molar-refractivity contribution in [2.75, 3.05) is 4.90 Å². The van der Waals surface area contributed by atoms with E-state index >= 15 is 0 Å². The second kappa shape index (κ2) is 13.2. The summed E-state index contributed by atoms with van der Waals surface area (Å²) >= 11 is 0. The van der Waals surface area contributed by atoms with Crippen LogP contribution in [0.2, 0.25) is 0 Å². The zero-order valence-electron chi connectivity index (χ0n) is 30.6. The zero-order chi connectivity index (χ0) is 37.0. The summed E-state index contributed by atoms with van der Waals surface area (Å²) in [7, 11) is 0. The summed E-state index contributed by atoms with van der Waals surface area (Å²) in [5.41, 5.74) is 12.6. The van der Waals surface area contributed by atoms with Crippen molar-refractivity contribution >= 4 is 49.4 Å². The number of hydrogen-bond donors (Lipinski definition) is 0. The van der Waals surface area contributed by atoms with Gasteiger partial charge in [-0.2, -0.15) is 0 Å². The van der Waals surface area contributed by atoms with Crippen LogP contribution >= 0.6 is 0 Å². The highest BCUT2D eigenvalue weighted by Crippen LogP contribution is 2.48. The van der Waals surface area contributed by atoms with Crippen LogP contribution in [-0.4, -0.2) is 0 Å². The average molecular weight is 714 g/mol. The molecule has 262 valence electrons. The lowest BCUT2D eigenvalue weighted by Gasteiger charge is -2.27. The molecule has 0 bridgehead atoms. The molecular formula is C54H35NO. The van der Waals surface area contributed by atoms with E-state index in [4.69, 9.17) is 4.74 Å². The van der Waals surface area contributed by atoms with Crippen LogP contribution in [0.25, 0.3) is 76.8 Å². The van der Waals surface area contributed by atoms with E-state index in [0.29, 0.717) is 0 Å². The average Bonchev–Trinajstić information content (AvgIpc) is 3.26. The van der Waals surface area contributed by atoms with Crippen LogP contribution in [0.5, 0.6) is 11.5 Å². The van der Waals surface area contributed by atoms with Crippen molar-refractivity contribution in [1.29, 1.82) is 0 Å². The highest BCUT2D eigenvalue weighted by molar-refractivity contribution is 6.05. The van der Waals surface area contributed by atoms with Crippen LogP contribution in [-0.2, 0) is 0 Å². The molecule has 0 spiro atoms. The first kappa shape index (κ1) is 32.0. The van der Waals surface area contributed by atoms with Crippen molar-refractivity contribution in [3.8, 4) is 56.0 Å². The summed E-state index contributed by atoms with van der Waals surface area (Å²) in [5, 5.41) is 7.31. The van der Waals surface area contributed by atoms with E-state index in [1.807, 2.05) is 0 Å². The minimum Gasteiger partial charge on any atom is -0.456 e. The van der Waals surface area contributed by atoms with Crippen molar-refractivity contribution in [1.82, 2.24) is 0 Å². The molecule has 10 aromatic rings. The Kier molecular flexibility index (Phi) is 7.53. The molecule has 10 aromatic carbocycles. The van der Waals surface area contributed by atoms with E-state index in [-0.39, 0.29) is 0 Å². The van der Waals surface area contributed by atoms with E-state index in [9.17, 15) is 0 Å². The van der Waals surface area contributed by atoms with Gasteiger partial charge < -0.3 is 9.64 Å². The zero-order valence-corrected chi connectivity index (χ0v) is 30.6. The normalized spacial score (nSPS) is 11.7. The van der Waals surface area contributed by atoms with E-state index in [1.54, 1.807) is 0 Å². The molecule has 0 amide bonds. The molecule has 0 saturated heterocycles. The minimum absolute atomic E-state index is 0.883. The van der Waals surface area contributed by atoms with Crippen LogP contribution in [0.1, 0.15) is 0 Å². The summed E-state index contributed by atoms with van der Waals surface area (Å²) in [6.07, 6.45) is 0. The molecule has 0 saturated carbocycles. The SMILES string of the molecule is c1cc(-c2ccc3c(c2)-c2cccc4cccc(c24)O3)cc(N(c2cccc(-c3cccc4ccccc34)c2)c2cccc(-c3cccc4ccccc34)c2)c1. The van der Waals surface area contributed by atoms with E-state index in [0.717, 1.165) is 50.6 Å². The fourth-order valence-corrected chi connectivity index (χ4v) is 8.59. The predicted octanol–water partition coefficient (Wildman–Crippen LogP) is 15.4. The summed E-state index contributed by atoms with van der Waals surface area (Å²) < 4.78 is 6.46. The number of nitrogens with zero attached hydrogens (tertiary/aromatic N) is 1. The third-order valence-electron chi connectivity index (χ3n) is 11.2. The van der Waals surface area contributed by atoms with Gasteiger partial charge in [0, 0.05) is 28.0 Å². The molecule has 0 N–H and O–H groups in total. The molecule has 0 fully saturated rings. The number of ether oxygens (including phenoxy) is 1. The summed E-state index contributed by atoms with van der Waals surface area (Å²) in [6, 6.07) is 76.6. The lowest BCUT2D eigenvalue weighted by molar-refractivity contribution is 0.487. The number of rotatable bonds is 6. The van der Waals surface area contributed by atoms with Gasteiger partial charge in [-0.1, -0.05) is 158 Å². The monoisotopic (exact) mass is 713 g/mol. The van der Waals surface area contributed by atoms with Crippen LogP contribution in [0.15, 0.2) is 212 Å². The summed E-state index contributed by atoms with van der Waals surface area (Å²) in [4.78, 5) is 2.39. The second-order valence-corrected chi connectivity index (χ2v) is 14.5. The predicted molar refractivity (Wildman–Crippen MR) is 235 cm³/mol. The molecule has 56 heavy (non-hydrogen) atoms. The Morgan fingerprint density at radius 1 is 0.286 bits per heavy atom. The third-order valence-corrected chi connectivity index (χ3v) is 11.2. The fourth-order valence-electron chi connectivity index (χ4n) is 8.59. The number of anilines is 3. The fraction of sp³-hybridized carbons (Fsp3) is 0. The van der Waals surface area contributed by atoms with E-state index in [1.165, 1.54) is 54.7 Å². The number of fused-ring (bicyclic) bond motifs is 4. The van der Waals surface area contributed by atoms with Gasteiger partial charge in [0.25, 0.3) is 0 Å². The lowest BCUT2D eigenvalue weighted by Crippen LogP contribution is -2.10. The first-order valence-electron chi connectivity index (χ1n) is 19.2. The van der Waals surface area contributed by atoms with E-state index < -0.39 is 0 Å². The Labute approximate surface area is 326 Å². The first-order valence-corrected chi connectivity index (χ1v) is 19.2. The second-order valence-electron chi connectivity index (χ2n) is 14.5. The smallest absolute Gasteiger partial charge is 0.135 e. The standard InChI is InChI=1S/C54H35NO/c1-3-24-46-36(12-1)14-8-26-48(46)41-19-6-22-44(33-41)55(45-23-7-20-42(34-45)49-27-9-15-37-13-2-4-25-47(37)49)43-21-5-18-39(32-43)40-30-31-52-51(35-40)50-28-10-16-38-17-11-29-53(56-52)54(38)50/h1-35H. The van der Waals surface area contributed by atoms with Gasteiger partial charge in [0.2, 0.25) is 0 Å². The highest BCUT2D eigenvalue weighted by atomic mass is 16.5. The van der Waals surface area contributed by atoms with Gasteiger partial charge in [-0.15, -0.1) is 0 Å². The largest absolute Gasteiger partial charge is 0.456 e. The molecule has 0 unspecified atom stereocenters. The van der Waals surface area contributed by atoms with Crippen LogP contribution in [0, 0.1) is 0 Å². The summed E-state index contributed by atoms with van der Waals surface area (Å²) in [6.45, 7) is 0. The molecule has 1 aliphatic heterocycles. The Balaban J connectivity index is 1.07.